The highest BCUT2D eigenvalue weighted by Gasteiger charge is 2.27. The van der Waals surface area contributed by atoms with Gasteiger partial charge in [-0.05, 0) is 10.4 Å². The number of rotatable bonds is 4. The normalized spacial score (nSPS) is 10.9. The predicted molar refractivity (Wildman–Crippen MR) is 73.0 cm³/mol. The first-order chi connectivity index (χ1) is 11.9. The lowest BCUT2D eigenvalue weighted by Gasteiger charge is -2.09. The molecule has 0 aliphatic rings. The van der Waals surface area contributed by atoms with Gasteiger partial charge in [0.2, 0.25) is 17.4 Å². The van der Waals surface area contributed by atoms with Crippen LogP contribution in [0.5, 0.6) is 0 Å². The molecule has 0 aliphatic heterocycles. The van der Waals surface area contributed by atoms with Gasteiger partial charge < -0.3 is 0 Å². The fourth-order valence-corrected chi connectivity index (χ4v) is 2.13. The molecule has 0 fully saturated rings. The molecule has 0 spiro atoms. The molecule has 0 unspecified atom stereocenters. The minimum Gasteiger partial charge on any atom is -0.285 e. The molecule has 0 amide bonds. The number of hydrogen-bond acceptors (Lipinski definition) is 4. The Balaban J connectivity index is 2.02. The average molecular weight is 354 g/mol. The van der Waals surface area contributed by atoms with Crippen LogP contribution in [-0.2, 0) is 6.54 Å². The molecule has 10 heteroatoms. The van der Waals surface area contributed by atoms with Gasteiger partial charge in [-0.25, -0.2) is 26.6 Å². The number of hydrogen-bond donors (Lipinski definition) is 0. The van der Waals surface area contributed by atoms with Crippen LogP contribution < -0.4 is 0 Å². The van der Waals surface area contributed by atoms with Crippen LogP contribution in [-0.4, -0.2) is 26.0 Å². The van der Waals surface area contributed by atoms with Gasteiger partial charge in [0, 0.05) is 5.56 Å². The van der Waals surface area contributed by atoms with E-state index in [0.29, 0.717) is 4.68 Å². The summed E-state index contributed by atoms with van der Waals surface area (Å²) in [7, 11) is 0. The fraction of sp³-hybridized carbons (Fsp3) is 0.0667. The van der Waals surface area contributed by atoms with Gasteiger partial charge >= 0.3 is 0 Å². The first kappa shape index (κ1) is 16.7. The molecule has 3 aromatic rings. The number of tetrazole rings is 1. The molecule has 1 aromatic heterocycles. The Labute approximate surface area is 136 Å². The predicted octanol–water partition coefficient (Wildman–Crippen LogP) is 2.65. The van der Waals surface area contributed by atoms with Crippen LogP contribution in [0.4, 0.5) is 22.0 Å². The summed E-state index contributed by atoms with van der Waals surface area (Å²) in [5, 5.41) is 10.1. The van der Waals surface area contributed by atoms with E-state index in [1.54, 1.807) is 18.2 Å². The van der Waals surface area contributed by atoms with Crippen molar-refractivity contribution in [2.24, 2.45) is 0 Å². The largest absolute Gasteiger partial charge is 0.285 e. The number of aromatic nitrogens is 4. The van der Waals surface area contributed by atoms with Crippen molar-refractivity contribution in [2.75, 3.05) is 0 Å². The molecule has 0 radical (unpaired) electrons. The molecule has 0 aliphatic carbocycles. The van der Waals surface area contributed by atoms with Gasteiger partial charge in [0.15, 0.2) is 23.3 Å². The van der Waals surface area contributed by atoms with Crippen molar-refractivity contribution in [2.45, 2.75) is 6.54 Å². The molecule has 25 heavy (non-hydrogen) atoms. The third-order valence-corrected chi connectivity index (χ3v) is 3.38. The highest BCUT2D eigenvalue weighted by Crippen LogP contribution is 2.24. The molecule has 0 atom stereocenters. The summed E-state index contributed by atoms with van der Waals surface area (Å²) in [6.45, 7) is -0.910. The molecular weight excluding hydrogens is 347 g/mol. The molecule has 1 heterocycles. The molecule has 5 nitrogen and oxygen atoms in total. The maximum absolute atomic E-state index is 13.8. The zero-order chi connectivity index (χ0) is 18.1. The Hall–Kier alpha value is -3.17. The molecule has 0 saturated carbocycles. The molecule has 0 N–H and O–H groups in total. The maximum Gasteiger partial charge on any atom is 0.231 e. The number of benzene rings is 2. The lowest BCUT2D eigenvalue weighted by molar-refractivity contribution is 0.102. The Bertz CT molecular complexity index is 929. The molecular formula is C15H7F5N4O. The minimum absolute atomic E-state index is 0.191. The van der Waals surface area contributed by atoms with E-state index in [1.165, 1.54) is 12.1 Å². The lowest BCUT2D eigenvalue weighted by Crippen LogP contribution is -2.17. The van der Waals surface area contributed by atoms with Crippen molar-refractivity contribution in [1.82, 2.24) is 20.2 Å². The van der Waals surface area contributed by atoms with Crippen LogP contribution in [0.1, 0.15) is 21.7 Å². The van der Waals surface area contributed by atoms with E-state index in [-0.39, 0.29) is 5.56 Å². The molecule has 128 valence electrons. The smallest absolute Gasteiger partial charge is 0.231 e. The summed E-state index contributed by atoms with van der Waals surface area (Å²) in [5.41, 5.74) is -0.957. The third kappa shape index (κ3) is 2.86. The van der Waals surface area contributed by atoms with Gasteiger partial charge in [-0.1, -0.05) is 30.3 Å². The molecule has 3 rings (SSSR count). The summed E-state index contributed by atoms with van der Waals surface area (Å²) in [6.07, 6.45) is 0. The van der Waals surface area contributed by atoms with Gasteiger partial charge in [-0.3, -0.25) is 4.79 Å². The van der Waals surface area contributed by atoms with Gasteiger partial charge in [-0.2, -0.15) is 0 Å². The summed E-state index contributed by atoms with van der Waals surface area (Å²) in [5.74, 6) is -11.5. The zero-order valence-corrected chi connectivity index (χ0v) is 12.2. The first-order valence-corrected chi connectivity index (χ1v) is 6.78. The number of halogens is 5. The summed E-state index contributed by atoms with van der Waals surface area (Å²) < 4.78 is 67.8. The summed E-state index contributed by atoms with van der Waals surface area (Å²) >= 11 is 0. The second-order valence-corrected chi connectivity index (χ2v) is 4.90. The van der Waals surface area contributed by atoms with E-state index in [0.717, 1.165) is 0 Å². The van der Waals surface area contributed by atoms with Gasteiger partial charge in [0.05, 0.1) is 12.1 Å². The van der Waals surface area contributed by atoms with Crippen LogP contribution >= 0.6 is 0 Å². The van der Waals surface area contributed by atoms with E-state index >= 15 is 0 Å². The Morgan fingerprint density at radius 1 is 0.880 bits per heavy atom. The Morgan fingerprint density at radius 3 is 2.04 bits per heavy atom. The monoisotopic (exact) mass is 354 g/mol. The van der Waals surface area contributed by atoms with Gasteiger partial charge in [-0.15, -0.1) is 5.10 Å². The zero-order valence-electron chi connectivity index (χ0n) is 12.2. The SMILES string of the molecule is O=C(c1ccccc1)c1nnnn1Cc1c(F)c(F)c(F)c(F)c1F. The van der Waals surface area contributed by atoms with Crippen LogP contribution in [0.2, 0.25) is 0 Å². The van der Waals surface area contributed by atoms with Gasteiger partial charge in [0.1, 0.15) is 0 Å². The van der Waals surface area contributed by atoms with Crippen molar-refractivity contribution < 1.29 is 26.7 Å². The third-order valence-electron chi connectivity index (χ3n) is 3.38. The topological polar surface area (TPSA) is 60.7 Å². The summed E-state index contributed by atoms with van der Waals surface area (Å²) in [6, 6.07) is 7.73. The van der Waals surface area contributed by atoms with E-state index in [4.69, 9.17) is 0 Å². The van der Waals surface area contributed by atoms with Crippen LogP contribution in [0.25, 0.3) is 0 Å². The highest BCUT2D eigenvalue weighted by molar-refractivity contribution is 6.06. The van der Waals surface area contributed by atoms with Crippen molar-refractivity contribution in [3.05, 3.63) is 76.4 Å². The van der Waals surface area contributed by atoms with Crippen LogP contribution in [0.15, 0.2) is 30.3 Å². The van der Waals surface area contributed by atoms with Crippen molar-refractivity contribution >= 4 is 5.78 Å². The van der Waals surface area contributed by atoms with E-state index in [1.807, 2.05) is 0 Å². The fourth-order valence-electron chi connectivity index (χ4n) is 2.13. The minimum atomic E-state index is -2.27. The maximum atomic E-state index is 13.8. The molecule has 0 bridgehead atoms. The van der Waals surface area contributed by atoms with E-state index in [9.17, 15) is 26.7 Å². The van der Waals surface area contributed by atoms with E-state index < -0.39 is 52.8 Å². The van der Waals surface area contributed by atoms with Crippen molar-refractivity contribution in [1.29, 1.82) is 0 Å². The second kappa shape index (κ2) is 6.38. The standard InChI is InChI=1S/C15H7F5N4O/c16-9-8(10(17)12(19)13(20)11(9)18)6-24-15(21-22-23-24)14(25)7-4-2-1-3-5-7/h1-5H,6H2. The average Bonchev–Trinajstić information content (AvgIpc) is 3.10. The van der Waals surface area contributed by atoms with Crippen molar-refractivity contribution in [3.63, 3.8) is 0 Å². The number of nitrogens with zero attached hydrogens (tertiary/aromatic N) is 4. The molecule has 2 aromatic carbocycles. The highest BCUT2D eigenvalue weighted by atomic mass is 19.2. The van der Waals surface area contributed by atoms with Crippen molar-refractivity contribution in [3.8, 4) is 0 Å². The number of carbonyl (C=O) groups excluding carboxylic acids is 1. The lowest BCUT2D eigenvalue weighted by atomic mass is 10.1. The quantitative estimate of drug-likeness (QED) is 0.313. The van der Waals surface area contributed by atoms with Crippen LogP contribution in [0.3, 0.4) is 0 Å². The second-order valence-electron chi connectivity index (χ2n) is 4.90. The molecule has 0 saturated heterocycles. The van der Waals surface area contributed by atoms with Gasteiger partial charge in [0.25, 0.3) is 0 Å². The Kier molecular flexibility index (Phi) is 4.26. The number of ketones is 1. The van der Waals surface area contributed by atoms with Crippen LogP contribution in [0, 0.1) is 29.1 Å². The number of carbonyl (C=O) groups is 1. The van der Waals surface area contributed by atoms with E-state index in [2.05, 4.69) is 15.5 Å². The summed E-state index contributed by atoms with van der Waals surface area (Å²) in [4.78, 5) is 12.3. The first-order valence-electron chi connectivity index (χ1n) is 6.78. The Morgan fingerprint density at radius 2 is 1.44 bits per heavy atom.